The molecule has 39 heavy (non-hydrogen) atoms. The van der Waals surface area contributed by atoms with Crippen molar-refractivity contribution in [1.29, 1.82) is 0 Å². The van der Waals surface area contributed by atoms with E-state index in [1.54, 1.807) is 0 Å². The van der Waals surface area contributed by atoms with Crippen LogP contribution in [0, 0.1) is 34.5 Å². The van der Waals surface area contributed by atoms with Gasteiger partial charge >= 0.3 is 0 Å². The molecule has 3 nitrogen and oxygen atoms in total. The molecular weight excluding hydrogens is 513 g/mol. The second-order valence-electron chi connectivity index (χ2n) is 18.1. The summed E-state index contributed by atoms with van der Waals surface area (Å²) in [6.45, 7) is 33.3. The molecule has 0 unspecified atom stereocenters. The van der Waals surface area contributed by atoms with Crippen LogP contribution in [-0.2, 0) is 8.85 Å². The summed E-state index contributed by atoms with van der Waals surface area (Å²) in [4.78, 5) is 0. The summed E-state index contributed by atoms with van der Waals surface area (Å²) in [6, 6.07) is 0. The predicted molar refractivity (Wildman–Crippen MR) is 171 cm³/mol. The van der Waals surface area contributed by atoms with E-state index >= 15 is 0 Å². The van der Waals surface area contributed by atoms with Crippen LogP contribution in [0.4, 0.5) is 0 Å². The fraction of sp³-hybridized carbons (Fsp3) is 0.941. The topological polar surface area (TPSA) is 38.7 Å². The largest absolute Gasteiger partial charge is 0.414 e. The van der Waals surface area contributed by atoms with E-state index in [0.29, 0.717) is 30.0 Å². The summed E-state index contributed by atoms with van der Waals surface area (Å²) >= 11 is 0. The fourth-order valence-corrected chi connectivity index (χ4v) is 11.5. The lowest BCUT2D eigenvalue weighted by atomic mass is 9.43. The second kappa shape index (κ2) is 9.79. The first kappa shape index (κ1) is 32.0. The Hall–Kier alpha value is 0.0538. The summed E-state index contributed by atoms with van der Waals surface area (Å²) in [5, 5.41) is 13.2. The average molecular weight is 577 g/mol. The third-order valence-corrected chi connectivity index (χ3v) is 22.6. The van der Waals surface area contributed by atoms with E-state index in [9.17, 15) is 5.11 Å². The van der Waals surface area contributed by atoms with Gasteiger partial charge in [-0.25, -0.2) is 0 Å². The highest BCUT2D eigenvalue weighted by atomic mass is 28.4. The van der Waals surface area contributed by atoms with E-state index in [4.69, 9.17) is 8.85 Å². The van der Waals surface area contributed by atoms with Gasteiger partial charge in [-0.2, -0.15) is 0 Å². The smallest absolute Gasteiger partial charge is 0.192 e. The van der Waals surface area contributed by atoms with E-state index in [1.807, 2.05) is 0 Å². The van der Waals surface area contributed by atoms with Crippen LogP contribution >= 0.6 is 0 Å². The van der Waals surface area contributed by atoms with Crippen LogP contribution in [0.15, 0.2) is 11.6 Å². The molecule has 8 atom stereocenters. The van der Waals surface area contributed by atoms with Gasteiger partial charge in [0, 0.05) is 6.10 Å². The maximum absolute atomic E-state index is 12.7. The first-order valence-electron chi connectivity index (χ1n) is 16.3. The third kappa shape index (κ3) is 5.14. The summed E-state index contributed by atoms with van der Waals surface area (Å²) < 4.78 is 14.2. The Morgan fingerprint density at radius 1 is 0.821 bits per heavy atom. The lowest BCUT2D eigenvalue weighted by Crippen LogP contribution is -2.62. The number of fused-ring (bicyclic) bond motifs is 5. The molecule has 4 aliphatic rings. The van der Waals surface area contributed by atoms with E-state index in [2.05, 4.69) is 102 Å². The molecule has 0 saturated heterocycles. The Labute approximate surface area is 244 Å². The van der Waals surface area contributed by atoms with E-state index in [0.717, 1.165) is 19.3 Å². The molecule has 0 bridgehead atoms. The number of hydrogen-bond acceptors (Lipinski definition) is 3. The molecule has 0 heterocycles. The molecule has 0 spiro atoms. The molecule has 5 heteroatoms. The first-order chi connectivity index (χ1) is 17.5. The van der Waals surface area contributed by atoms with Crippen molar-refractivity contribution in [3.63, 3.8) is 0 Å². The van der Waals surface area contributed by atoms with Gasteiger partial charge < -0.3 is 14.0 Å². The van der Waals surface area contributed by atoms with Crippen LogP contribution in [0.2, 0.25) is 36.3 Å². The van der Waals surface area contributed by atoms with Crippen molar-refractivity contribution < 1.29 is 14.0 Å². The Kier molecular flexibility index (Phi) is 8.03. The van der Waals surface area contributed by atoms with E-state index in [1.165, 1.54) is 31.3 Å². The lowest BCUT2D eigenvalue weighted by molar-refractivity contribution is -0.158. The quantitative estimate of drug-likeness (QED) is 0.261. The molecule has 226 valence electrons. The molecular formula is C34H64O3Si2. The second-order valence-corrected chi connectivity index (χ2v) is 27.6. The zero-order chi connectivity index (χ0) is 29.6. The molecule has 3 saturated carbocycles. The van der Waals surface area contributed by atoms with E-state index in [-0.39, 0.29) is 26.8 Å². The molecule has 3 fully saturated rings. The zero-order valence-electron chi connectivity index (χ0n) is 28.3. The van der Waals surface area contributed by atoms with Gasteiger partial charge in [-0.3, -0.25) is 0 Å². The minimum Gasteiger partial charge on any atom is -0.414 e. The van der Waals surface area contributed by atoms with Crippen molar-refractivity contribution in [3.8, 4) is 0 Å². The summed E-state index contributed by atoms with van der Waals surface area (Å²) in [5.74, 6) is 1.58. The molecule has 0 aromatic heterocycles. The van der Waals surface area contributed by atoms with E-state index < -0.39 is 22.2 Å². The van der Waals surface area contributed by atoms with Crippen molar-refractivity contribution >= 4 is 16.6 Å². The molecule has 0 radical (unpaired) electrons. The lowest BCUT2D eigenvalue weighted by Gasteiger charge is -2.63. The Balaban J connectivity index is 1.67. The summed E-state index contributed by atoms with van der Waals surface area (Å²) in [5.41, 5.74) is 1.09. The van der Waals surface area contributed by atoms with Gasteiger partial charge in [0.15, 0.2) is 16.6 Å². The highest BCUT2D eigenvalue weighted by molar-refractivity contribution is 6.74. The maximum Gasteiger partial charge on any atom is 0.192 e. The SMILES string of the molecule is CC(C)[C@@]1(O)C=C2C[C@@H](O[Si](C)(C)C(C)(C)C)CC[C@]2(C)[C@H]2CC[C@]3(C)[C@@H](O[Si](C)(C)C(C)(C)C)CC[C@H]3[C@@H]21. The van der Waals surface area contributed by atoms with Crippen molar-refractivity contribution in [1.82, 2.24) is 0 Å². The highest BCUT2D eigenvalue weighted by Gasteiger charge is 2.65. The minimum atomic E-state index is -1.86. The summed E-state index contributed by atoms with van der Waals surface area (Å²) in [6.07, 6.45) is 11.2. The van der Waals surface area contributed by atoms with Crippen LogP contribution in [-0.4, -0.2) is 39.6 Å². The Morgan fingerprint density at radius 3 is 1.92 bits per heavy atom. The van der Waals surface area contributed by atoms with Crippen LogP contribution in [0.5, 0.6) is 0 Å². The molecule has 4 aliphatic carbocycles. The fourth-order valence-electron chi connectivity index (χ4n) is 8.65. The molecule has 4 rings (SSSR count). The molecule has 0 amide bonds. The number of hydrogen-bond donors (Lipinski definition) is 1. The van der Waals surface area contributed by atoms with Crippen LogP contribution < -0.4 is 0 Å². The van der Waals surface area contributed by atoms with Gasteiger partial charge in [0.05, 0.1) is 11.7 Å². The highest BCUT2D eigenvalue weighted by Crippen LogP contribution is 2.68. The first-order valence-corrected chi connectivity index (χ1v) is 22.1. The minimum absolute atomic E-state index is 0.157. The molecule has 0 aromatic rings. The van der Waals surface area contributed by atoms with Crippen LogP contribution in [0.25, 0.3) is 0 Å². The van der Waals surface area contributed by atoms with Crippen LogP contribution in [0.3, 0.4) is 0 Å². The molecule has 1 N–H and O–H groups in total. The van der Waals surface area contributed by atoms with Crippen molar-refractivity contribution in [2.75, 3.05) is 0 Å². The van der Waals surface area contributed by atoms with Gasteiger partial charge in [0.1, 0.15) is 0 Å². The molecule has 0 aliphatic heterocycles. The normalized spacial score (nSPS) is 41.6. The van der Waals surface area contributed by atoms with Gasteiger partial charge in [0.25, 0.3) is 0 Å². The summed E-state index contributed by atoms with van der Waals surface area (Å²) in [7, 11) is -3.70. The Bertz CT molecular complexity index is 956. The number of aliphatic hydroxyl groups is 1. The molecule has 0 aromatic carbocycles. The monoisotopic (exact) mass is 576 g/mol. The number of rotatable bonds is 5. The van der Waals surface area contributed by atoms with Gasteiger partial charge in [0.2, 0.25) is 0 Å². The predicted octanol–water partition coefficient (Wildman–Crippen LogP) is 9.73. The van der Waals surface area contributed by atoms with Gasteiger partial charge in [-0.05, 0) is 116 Å². The Morgan fingerprint density at radius 2 is 1.38 bits per heavy atom. The van der Waals surface area contributed by atoms with Crippen LogP contribution in [0.1, 0.15) is 114 Å². The van der Waals surface area contributed by atoms with Crippen molar-refractivity contribution in [2.45, 2.75) is 168 Å². The van der Waals surface area contributed by atoms with Gasteiger partial charge in [-0.1, -0.05) is 80.9 Å². The maximum atomic E-state index is 12.7. The zero-order valence-corrected chi connectivity index (χ0v) is 30.3. The van der Waals surface area contributed by atoms with Crippen molar-refractivity contribution in [3.05, 3.63) is 11.6 Å². The third-order valence-electron chi connectivity index (χ3n) is 13.5. The standard InChI is InChI=1S/C34H64O3Si2/c1-23(2)34(35)22-24-21-25(36-38(11,12)30(3,4)5)17-19-32(24,9)27-18-20-33(10)26(29(27)34)15-16-28(33)37-39(13,14)31(6,7)8/h22-23,25-29,35H,15-21H2,1-14H3/t25-,26-,27-,28-,29-,32-,33-,34-/m0/s1. The van der Waals surface area contributed by atoms with Gasteiger partial charge in [-0.15, -0.1) is 0 Å². The van der Waals surface area contributed by atoms with Crippen molar-refractivity contribution in [2.24, 2.45) is 34.5 Å². The average Bonchev–Trinajstić information content (AvgIpc) is 3.08.